The molecule has 0 radical (unpaired) electrons. The Balaban J connectivity index is 3.20. The van der Waals surface area contributed by atoms with Gasteiger partial charge in [-0.25, -0.2) is 0 Å². The van der Waals surface area contributed by atoms with E-state index in [0.29, 0.717) is 18.7 Å². The van der Waals surface area contributed by atoms with E-state index in [-0.39, 0.29) is 12.6 Å². The van der Waals surface area contributed by atoms with Crippen molar-refractivity contribution in [3.05, 3.63) is 12.2 Å². The molecule has 0 unspecified atom stereocenters. The number of aliphatic hydroxyl groups excluding tert-OH is 1. The molecule has 0 atom stereocenters. The van der Waals surface area contributed by atoms with Gasteiger partial charge in [0.15, 0.2) is 0 Å². The number of nitrogens with one attached hydrogen (secondary N) is 2. The van der Waals surface area contributed by atoms with Crippen molar-refractivity contribution in [1.82, 2.24) is 10.6 Å². The number of carbonyl (C=O) groups is 1. The van der Waals surface area contributed by atoms with Crippen molar-refractivity contribution in [3.8, 4) is 0 Å². The fraction of sp³-hybridized carbons (Fsp3) is 0.625. The number of aliphatic hydroxyl groups is 1. The van der Waals surface area contributed by atoms with Crippen LogP contribution in [-0.2, 0) is 4.79 Å². The van der Waals surface area contributed by atoms with Crippen LogP contribution in [0.25, 0.3) is 0 Å². The first-order valence-electron chi connectivity index (χ1n) is 3.93. The Kier molecular flexibility index (Phi) is 6.32. The second-order valence-electron chi connectivity index (χ2n) is 2.55. The molecule has 1 amide bonds. The molecule has 0 spiro atoms. The van der Waals surface area contributed by atoms with E-state index in [9.17, 15) is 4.79 Å². The van der Waals surface area contributed by atoms with E-state index < -0.39 is 0 Å². The number of carbonyl (C=O) groups excluding carboxylic acids is 1. The lowest BCUT2D eigenvalue weighted by Crippen LogP contribution is -2.27. The largest absolute Gasteiger partial charge is 0.381 e. The second kappa shape index (κ2) is 6.82. The van der Waals surface area contributed by atoms with Gasteiger partial charge in [0.25, 0.3) is 0 Å². The predicted molar refractivity (Wildman–Crippen MR) is 47.5 cm³/mol. The molecule has 0 aromatic carbocycles. The van der Waals surface area contributed by atoms with Crippen molar-refractivity contribution >= 4 is 5.91 Å². The summed E-state index contributed by atoms with van der Waals surface area (Å²) in [5.74, 6) is -0.112. The summed E-state index contributed by atoms with van der Waals surface area (Å²) in [6, 6.07) is 0. The summed E-state index contributed by atoms with van der Waals surface area (Å²) in [5, 5.41) is 13.8. The molecule has 0 aliphatic heterocycles. The Morgan fingerprint density at radius 2 is 2.17 bits per heavy atom. The van der Waals surface area contributed by atoms with Gasteiger partial charge in [0.1, 0.15) is 0 Å². The molecular formula is C8H16N2O2. The van der Waals surface area contributed by atoms with Crippen molar-refractivity contribution in [2.45, 2.75) is 13.3 Å². The number of hydrogen-bond acceptors (Lipinski definition) is 3. The molecule has 3 N–H and O–H groups in total. The van der Waals surface area contributed by atoms with Crippen molar-refractivity contribution in [2.75, 3.05) is 19.8 Å². The molecule has 4 nitrogen and oxygen atoms in total. The Morgan fingerprint density at radius 1 is 1.50 bits per heavy atom. The molecule has 0 aromatic heterocycles. The van der Waals surface area contributed by atoms with Gasteiger partial charge >= 0.3 is 0 Å². The minimum Gasteiger partial charge on any atom is -0.381 e. The smallest absolute Gasteiger partial charge is 0.246 e. The van der Waals surface area contributed by atoms with Crippen LogP contribution in [0.15, 0.2) is 12.2 Å². The van der Waals surface area contributed by atoms with Crippen molar-refractivity contribution in [3.63, 3.8) is 0 Å². The maximum atomic E-state index is 10.9. The van der Waals surface area contributed by atoms with Crippen LogP contribution < -0.4 is 10.6 Å². The lowest BCUT2D eigenvalue weighted by atomic mass is 10.3. The van der Waals surface area contributed by atoms with Crippen LogP contribution in [0.3, 0.4) is 0 Å². The molecule has 0 rings (SSSR count). The fourth-order valence-electron chi connectivity index (χ4n) is 0.645. The van der Waals surface area contributed by atoms with Gasteiger partial charge in [-0.2, -0.15) is 0 Å². The molecule has 0 aliphatic rings. The first kappa shape index (κ1) is 11.1. The highest BCUT2D eigenvalue weighted by molar-refractivity contribution is 5.91. The first-order chi connectivity index (χ1) is 5.68. The van der Waals surface area contributed by atoms with Crippen LogP contribution in [0, 0.1) is 0 Å². The Labute approximate surface area is 72.7 Å². The summed E-state index contributed by atoms with van der Waals surface area (Å²) in [6.45, 7) is 6.46. The summed E-state index contributed by atoms with van der Waals surface area (Å²) in [7, 11) is 0. The van der Waals surface area contributed by atoms with Gasteiger partial charge in [-0.3, -0.25) is 10.1 Å². The average molecular weight is 172 g/mol. The minimum atomic E-state index is -0.112. The van der Waals surface area contributed by atoms with E-state index in [4.69, 9.17) is 5.11 Å². The molecule has 0 saturated carbocycles. The highest BCUT2D eigenvalue weighted by Gasteiger charge is 1.98. The van der Waals surface area contributed by atoms with Crippen LogP contribution in [0.4, 0.5) is 0 Å². The van der Waals surface area contributed by atoms with Crippen LogP contribution in [0.5, 0.6) is 0 Å². The number of hydrogen-bond donors (Lipinski definition) is 3. The van der Waals surface area contributed by atoms with Crippen LogP contribution >= 0.6 is 0 Å². The van der Waals surface area contributed by atoms with Crippen molar-refractivity contribution < 1.29 is 9.90 Å². The van der Waals surface area contributed by atoms with Gasteiger partial charge in [0.2, 0.25) is 5.91 Å². The quantitative estimate of drug-likeness (QED) is 0.290. The Bertz CT molecular complexity index is 157. The maximum Gasteiger partial charge on any atom is 0.246 e. The van der Waals surface area contributed by atoms with Gasteiger partial charge in [-0.05, 0) is 19.9 Å². The molecule has 0 saturated heterocycles. The molecule has 0 aliphatic carbocycles. The first-order valence-corrected chi connectivity index (χ1v) is 3.93. The SMILES string of the molecule is C=C(C)C(=O)NCCCNCO. The highest BCUT2D eigenvalue weighted by atomic mass is 16.3. The summed E-state index contributed by atoms with van der Waals surface area (Å²) in [4.78, 5) is 10.9. The standard InChI is InChI=1S/C8H16N2O2/c1-7(2)8(12)10-5-3-4-9-6-11/h9,11H,1,3-6H2,2H3,(H,10,12). The Hall–Kier alpha value is -0.870. The zero-order valence-corrected chi connectivity index (χ0v) is 7.39. The lowest BCUT2D eigenvalue weighted by molar-refractivity contribution is -0.117. The van der Waals surface area contributed by atoms with Crippen molar-refractivity contribution in [1.29, 1.82) is 0 Å². The molecule has 0 bridgehead atoms. The van der Waals surface area contributed by atoms with E-state index in [1.54, 1.807) is 6.92 Å². The van der Waals surface area contributed by atoms with Gasteiger partial charge in [0.05, 0.1) is 6.73 Å². The highest BCUT2D eigenvalue weighted by Crippen LogP contribution is 1.85. The van der Waals surface area contributed by atoms with Gasteiger partial charge < -0.3 is 10.4 Å². The third-order valence-electron chi connectivity index (χ3n) is 1.32. The van der Waals surface area contributed by atoms with E-state index in [1.807, 2.05) is 0 Å². The van der Waals surface area contributed by atoms with Gasteiger partial charge in [0, 0.05) is 12.1 Å². The van der Waals surface area contributed by atoms with E-state index in [1.165, 1.54) is 0 Å². The summed E-state index contributed by atoms with van der Waals surface area (Å²) < 4.78 is 0. The number of rotatable bonds is 6. The molecule has 0 fully saturated rings. The monoisotopic (exact) mass is 172 g/mol. The van der Waals surface area contributed by atoms with E-state index in [2.05, 4.69) is 17.2 Å². The average Bonchev–Trinajstić information content (AvgIpc) is 2.03. The zero-order chi connectivity index (χ0) is 9.40. The minimum absolute atomic E-state index is 0.0194. The summed E-state index contributed by atoms with van der Waals surface area (Å²) in [5.41, 5.74) is 0.519. The Morgan fingerprint density at radius 3 is 2.67 bits per heavy atom. The van der Waals surface area contributed by atoms with E-state index >= 15 is 0 Å². The molecule has 12 heavy (non-hydrogen) atoms. The molecule has 4 heteroatoms. The molecular weight excluding hydrogens is 156 g/mol. The maximum absolute atomic E-state index is 10.9. The van der Waals surface area contributed by atoms with Crippen LogP contribution in [0.2, 0.25) is 0 Å². The molecule has 70 valence electrons. The third kappa shape index (κ3) is 5.88. The van der Waals surface area contributed by atoms with E-state index in [0.717, 1.165) is 6.42 Å². The number of amides is 1. The fourth-order valence-corrected chi connectivity index (χ4v) is 0.645. The molecule has 0 heterocycles. The van der Waals surface area contributed by atoms with Gasteiger partial charge in [-0.1, -0.05) is 6.58 Å². The molecule has 0 aromatic rings. The van der Waals surface area contributed by atoms with Gasteiger partial charge in [-0.15, -0.1) is 0 Å². The summed E-state index contributed by atoms with van der Waals surface area (Å²) >= 11 is 0. The third-order valence-corrected chi connectivity index (χ3v) is 1.32. The van der Waals surface area contributed by atoms with Crippen LogP contribution in [-0.4, -0.2) is 30.8 Å². The predicted octanol–water partition coefficient (Wildman–Crippen LogP) is -0.392. The van der Waals surface area contributed by atoms with Crippen LogP contribution in [0.1, 0.15) is 13.3 Å². The summed E-state index contributed by atoms with van der Waals surface area (Å²) in [6.07, 6.45) is 0.805. The topological polar surface area (TPSA) is 61.4 Å². The lowest BCUT2D eigenvalue weighted by Gasteiger charge is -2.03. The normalized spacial score (nSPS) is 9.50. The van der Waals surface area contributed by atoms with Crippen molar-refractivity contribution in [2.24, 2.45) is 0 Å². The second-order valence-corrected chi connectivity index (χ2v) is 2.55. The zero-order valence-electron chi connectivity index (χ0n) is 7.39.